The van der Waals surface area contributed by atoms with Gasteiger partial charge in [-0.15, -0.1) is 0 Å². The average molecular weight is 295 g/mol. The second-order valence-corrected chi connectivity index (χ2v) is 6.98. The normalized spacial score (nSPS) is 20.2. The second kappa shape index (κ2) is 5.46. The summed E-state index contributed by atoms with van der Waals surface area (Å²) in [5, 5.41) is 22.6. The molecule has 7 nitrogen and oxygen atoms in total. The molecule has 0 aliphatic carbocycles. The van der Waals surface area contributed by atoms with Crippen LogP contribution in [0.1, 0.15) is 12.0 Å². The van der Waals surface area contributed by atoms with Gasteiger partial charge < -0.3 is 5.32 Å². The zero-order valence-corrected chi connectivity index (χ0v) is 11.4. The van der Waals surface area contributed by atoms with E-state index in [0.29, 0.717) is 18.7 Å². The summed E-state index contributed by atoms with van der Waals surface area (Å²) in [5.41, 5.74) is 0.526. The number of rotatable bonds is 4. The van der Waals surface area contributed by atoms with Gasteiger partial charge in [0, 0.05) is 18.7 Å². The predicted octanol–water partition coefficient (Wildman–Crippen LogP) is 1.31. The van der Waals surface area contributed by atoms with Crippen LogP contribution in [0.5, 0.6) is 0 Å². The first-order chi connectivity index (χ1) is 9.41. The Morgan fingerprint density at radius 2 is 2.25 bits per heavy atom. The SMILES string of the molecule is N#Cc1cc([N+](=O)[O-])ccc1NCC1CCS(=O)(=O)C1. The number of sulfone groups is 1. The molecule has 0 saturated carbocycles. The minimum Gasteiger partial charge on any atom is -0.384 e. The van der Waals surface area contributed by atoms with Gasteiger partial charge in [0.05, 0.1) is 27.7 Å². The van der Waals surface area contributed by atoms with E-state index in [1.165, 1.54) is 18.2 Å². The van der Waals surface area contributed by atoms with Crippen LogP contribution in [0.2, 0.25) is 0 Å². The Kier molecular flexibility index (Phi) is 3.90. The number of non-ortho nitro benzene ring substituents is 1. The molecule has 0 spiro atoms. The van der Waals surface area contributed by atoms with Crippen molar-refractivity contribution in [3.63, 3.8) is 0 Å². The Hall–Kier alpha value is -2.14. The Bertz CT molecular complexity index is 678. The Balaban J connectivity index is 2.07. The molecule has 0 bridgehead atoms. The van der Waals surface area contributed by atoms with Crippen LogP contribution in [-0.2, 0) is 9.84 Å². The van der Waals surface area contributed by atoms with Crippen LogP contribution in [-0.4, -0.2) is 31.4 Å². The lowest BCUT2D eigenvalue weighted by Gasteiger charge is -2.11. The van der Waals surface area contributed by atoms with Crippen molar-refractivity contribution < 1.29 is 13.3 Å². The van der Waals surface area contributed by atoms with E-state index in [0.717, 1.165) is 0 Å². The molecular formula is C12H13N3O4S. The molecule has 1 saturated heterocycles. The maximum absolute atomic E-state index is 11.3. The summed E-state index contributed by atoms with van der Waals surface area (Å²) in [5.74, 6) is 0.362. The molecule has 1 unspecified atom stereocenters. The Labute approximate surface area is 116 Å². The van der Waals surface area contributed by atoms with Gasteiger partial charge >= 0.3 is 0 Å². The first kappa shape index (κ1) is 14.3. The van der Waals surface area contributed by atoms with Gasteiger partial charge in [-0.3, -0.25) is 10.1 Å². The fraction of sp³-hybridized carbons (Fsp3) is 0.417. The van der Waals surface area contributed by atoms with Gasteiger partial charge in [0.2, 0.25) is 0 Å². The van der Waals surface area contributed by atoms with Gasteiger partial charge in [-0.2, -0.15) is 5.26 Å². The van der Waals surface area contributed by atoms with Crippen molar-refractivity contribution in [1.29, 1.82) is 5.26 Å². The molecule has 1 aliphatic heterocycles. The summed E-state index contributed by atoms with van der Waals surface area (Å²) in [6.07, 6.45) is 0.601. The van der Waals surface area contributed by atoms with Gasteiger partial charge in [-0.25, -0.2) is 8.42 Å². The molecule has 0 aromatic heterocycles. The maximum Gasteiger partial charge on any atom is 0.270 e. The van der Waals surface area contributed by atoms with E-state index in [-0.39, 0.29) is 28.7 Å². The van der Waals surface area contributed by atoms with Crippen LogP contribution in [0.4, 0.5) is 11.4 Å². The number of nitrogens with one attached hydrogen (secondary N) is 1. The third-order valence-corrected chi connectivity index (χ3v) is 5.08. The standard InChI is InChI=1S/C12H13N3O4S/c13-6-10-5-11(15(16)17)1-2-12(10)14-7-9-3-4-20(18,19)8-9/h1-2,5,9,14H,3-4,7-8H2. The number of nitro benzene ring substituents is 1. The molecule has 1 atom stereocenters. The molecule has 1 fully saturated rings. The molecule has 0 amide bonds. The van der Waals surface area contributed by atoms with Crippen LogP contribution in [0.3, 0.4) is 0 Å². The summed E-state index contributed by atoms with van der Waals surface area (Å²) in [7, 11) is -2.93. The Morgan fingerprint density at radius 3 is 2.80 bits per heavy atom. The fourth-order valence-electron chi connectivity index (χ4n) is 2.18. The number of nitrogens with zero attached hydrogens (tertiary/aromatic N) is 2. The van der Waals surface area contributed by atoms with E-state index in [9.17, 15) is 18.5 Å². The number of hydrogen-bond acceptors (Lipinski definition) is 6. The van der Waals surface area contributed by atoms with Gasteiger partial charge in [-0.1, -0.05) is 0 Å². The molecule has 1 aromatic rings. The highest BCUT2D eigenvalue weighted by Gasteiger charge is 2.27. The highest BCUT2D eigenvalue weighted by molar-refractivity contribution is 7.91. The molecule has 20 heavy (non-hydrogen) atoms. The maximum atomic E-state index is 11.3. The number of benzene rings is 1. The number of nitriles is 1. The van der Waals surface area contributed by atoms with Crippen LogP contribution in [0.25, 0.3) is 0 Å². The topological polar surface area (TPSA) is 113 Å². The van der Waals surface area contributed by atoms with Crippen LogP contribution < -0.4 is 5.32 Å². The summed E-state index contributed by atoms with van der Waals surface area (Å²) in [4.78, 5) is 10.1. The van der Waals surface area contributed by atoms with E-state index in [4.69, 9.17) is 5.26 Å². The largest absolute Gasteiger partial charge is 0.384 e. The van der Waals surface area contributed by atoms with Crippen molar-refractivity contribution in [2.45, 2.75) is 6.42 Å². The summed E-state index contributed by atoms with van der Waals surface area (Å²) >= 11 is 0. The highest BCUT2D eigenvalue weighted by Crippen LogP contribution is 2.23. The van der Waals surface area contributed by atoms with E-state index >= 15 is 0 Å². The second-order valence-electron chi connectivity index (χ2n) is 4.75. The quantitative estimate of drug-likeness (QED) is 0.662. The zero-order valence-electron chi connectivity index (χ0n) is 10.6. The Morgan fingerprint density at radius 1 is 1.50 bits per heavy atom. The smallest absolute Gasteiger partial charge is 0.270 e. The van der Waals surface area contributed by atoms with Gasteiger partial charge in [0.15, 0.2) is 9.84 Å². The van der Waals surface area contributed by atoms with Crippen LogP contribution in [0.15, 0.2) is 18.2 Å². The van der Waals surface area contributed by atoms with Gasteiger partial charge in [-0.05, 0) is 18.4 Å². The molecule has 2 rings (SSSR count). The van der Waals surface area contributed by atoms with Gasteiger partial charge in [0.1, 0.15) is 6.07 Å². The van der Waals surface area contributed by atoms with Crippen molar-refractivity contribution in [2.75, 3.05) is 23.4 Å². The predicted molar refractivity (Wildman–Crippen MR) is 73.1 cm³/mol. The lowest BCUT2D eigenvalue weighted by Crippen LogP contribution is -2.16. The summed E-state index contributed by atoms with van der Waals surface area (Å²) in [6.45, 7) is 0.436. The van der Waals surface area contributed by atoms with E-state index in [1.54, 1.807) is 0 Å². The molecule has 8 heteroatoms. The molecule has 106 valence electrons. The summed E-state index contributed by atoms with van der Waals surface area (Å²) in [6, 6.07) is 5.89. The van der Waals surface area contributed by atoms with Crippen LogP contribution in [0, 0.1) is 27.4 Å². The zero-order chi connectivity index (χ0) is 14.8. The first-order valence-corrected chi connectivity index (χ1v) is 7.86. The number of nitro groups is 1. The summed E-state index contributed by atoms with van der Waals surface area (Å²) < 4.78 is 22.7. The molecule has 1 N–H and O–H groups in total. The molecule has 0 radical (unpaired) electrons. The van der Waals surface area contributed by atoms with E-state index < -0.39 is 14.8 Å². The molecule has 1 heterocycles. The molecule has 1 aliphatic rings. The van der Waals surface area contributed by atoms with Crippen LogP contribution >= 0.6 is 0 Å². The lowest BCUT2D eigenvalue weighted by atomic mass is 10.1. The third kappa shape index (κ3) is 3.24. The van der Waals surface area contributed by atoms with Crippen molar-refractivity contribution >= 4 is 21.2 Å². The molecule has 1 aromatic carbocycles. The van der Waals surface area contributed by atoms with E-state index in [1.807, 2.05) is 6.07 Å². The minimum atomic E-state index is -2.93. The van der Waals surface area contributed by atoms with Crippen molar-refractivity contribution in [3.8, 4) is 6.07 Å². The lowest BCUT2D eigenvalue weighted by molar-refractivity contribution is -0.384. The third-order valence-electron chi connectivity index (χ3n) is 3.24. The minimum absolute atomic E-state index is 0.0155. The van der Waals surface area contributed by atoms with Gasteiger partial charge in [0.25, 0.3) is 5.69 Å². The first-order valence-electron chi connectivity index (χ1n) is 6.04. The van der Waals surface area contributed by atoms with Crippen molar-refractivity contribution in [2.24, 2.45) is 5.92 Å². The molecular weight excluding hydrogens is 282 g/mol. The van der Waals surface area contributed by atoms with E-state index in [2.05, 4.69) is 5.32 Å². The average Bonchev–Trinajstić information content (AvgIpc) is 2.75. The van der Waals surface area contributed by atoms with Crippen molar-refractivity contribution in [1.82, 2.24) is 0 Å². The highest BCUT2D eigenvalue weighted by atomic mass is 32.2. The number of hydrogen-bond donors (Lipinski definition) is 1. The fourth-order valence-corrected chi connectivity index (χ4v) is 4.04. The monoisotopic (exact) mass is 295 g/mol. The number of anilines is 1. The van der Waals surface area contributed by atoms with Crippen molar-refractivity contribution in [3.05, 3.63) is 33.9 Å².